The van der Waals surface area contributed by atoms with E-state index in [4.69, 9.17) is 16.2 Å². The van der Waals surface area contributed by atoms with Gasteiger partial charge in [-0.2, -0.15) is 0 Å². The number of aromatic nitrogens is 1. The topological polar surface area (TPSA) is 98.5 Å². The largest absolute Gasteiger partial charge is 0.470 e. The van der Waals surface area contributed by atoms with Crippen LogP contribution < -0.4 is 21.5 Å². The van der Waals surface area contributed by atoms with Gasteiger partial charge in [-0.15, -0.1) is 0 Å². The first-order valence-corrected chi connectivity index (χ1v) is 5.73. The van der Waals surface area contributed by atoms with Gasteiger partial charge in [0.05, 0.1) is 12.2 Å². The van der Waals surface area contributed by atoms with Gasteiger partial charge >= 0.3 is 0 Å². The van der Waals surface area contributed by atoms with Crippen molar-refractivity contribution in [3.63, 3.8) is 0 Å². The number of nitrogens with one attached hydrogen (secondary N) is 1. The lowest BCUT2D eigenvalue weighted by Crippen LogP contribution is -2.37. The summed E-state index contributed by atoms with van der Waals surface area (Å²) < 4.78 is 5.63. The van der Waals surface area contributed by atoms with E-state index in [2.05, 4.69) is 15.3 Å². The Morgan fingerprint density at radius 1 is 1.72 bits per heavy atom. The van der Waals surface area contributed by atoms with Gasteiger partial charge in [-0.25, -0.2) is 4.98 Å². The van der Waals surface area contributed by atoms with E-state index in [1.165, 1.54) is 6.20 Å². The molecule has 0 radical (unpaired) electrons. The second-order valence-electron chi connectivity index (χ2n) is 3.94. The van der Waals surface area contributed by atoms with Gasteiger partial charge in [-0.1, -0.05) is 0 Å². The Morgan fingerprint density at radius 3 is 3.22 bits per heavy atom. The Balaban J connectivity index is 2.28. The molecule has 0 bridgehead atoms. The molecule has 18 heavy (non-hydrogen) atoms. The molecule has 1 aliphatic rings. The van der Waals surface area contributed by atoms with Crippen LogP contribution in [0, 0.1) is 0 Å². The zero-order valence-electron chi connectivity index (χ0n) is 10.3. The van der Waals surface area contributed by atoms with Crippen LogP contribution in [-0.4, -0.2) is 37.4 Å². The van der Waals surface area contributed by atoms with Gasteiger partial charge in [-0.3, -0.25) is 4.99 Å². The van der Waals surface area contributed by atoms with Crippen molar-refractivity contribution < 1.29 is 4.74 Å². The molecule has 5 N–H and O–H groups in total. The molecule has 0 saturated heterocycles. The number of ether oxygens (including phenoxy) is 1. The Labute approximate surface area is 106 Å². The molecule has 0 spiro atoms. The number of anilines is 1. The molecular weight excluding hydrogens is 230 g/mol. The Morgan fingerprint density at radius 2 is 2.56 bits per heavy atom. The molecule has 0 aliphatic carbocycles. The molecule has 1 aromatic rings. The van der Waals surface area contributed by atoms with Gasteiger partial charge in [0, 0.05) is 43.3 Å². The van der Waals surface area contributed by atoms with Gasteiger partial charge in [0.2, 0.25) is 5.88 Å². The van der Waals surface area contributed by atoms with Crippen molar-refractivity contribution in [2.75, 3.05) is 25.5 Å². The molecule has 1 atom stereocenters. The predicted molar refractivity (Wildman–Crippen MR) is 72.8 cm³/mol. The zero-order chi connectivity index (χ0) is 13.0. The van der Waals surface area contributed by atoms with Crippen molar-refractivity contribution in [3.8, 4) is 5.88 Å². The molecule has 2 heterocycles. The molecule has 2 rings (SSSR count). The van der Waals surface area contributed by atoms with E-state index in [0.717, 1.165) is 16.8 Å². The molecule has 1 unspecified atom stereocenters. The van der Waals surface area contributed by atoms with Crippen molar-refractivity contribution in [2.24, 2.45) is 16.5 Å². The van der Waals surface area contributed by atoms with Crippen molar-refractivity contribution in [3.05, 3.63) is 24.0 Å². The molecule has 0 fully saturated rings. The smallest absolute Gasteiger partial charge is 0.237 e. The number of aliphatic imine (C=N–C) groups is 1. The summed E-state index contributed by atoms with van der Waals surface area (Å²) >= 11 is 0. The maximum Gasteiger partial charge on any atom is 0.237 e. The lowest BCUT2D eigenvalue weighted by atomic mass is 10.1. The minimum Gasteiger partial charge on any atom is -0.470 e. The van der Waals surface area contributed by atoms with E-state index in [1.807, 2.05) is 6.07 Å². The minimum atomic E-state index is -0.0300. The Bertz CT molecular complexity index is 483. The molecule has 0 aromatic carbocycles. The van der Waals surface area contributed by atoms with Gasteiger partial charge in [0.1, 0.15) is 6.10 Å². The van der Waals surface area contributed by atoms with Crippen molar-refractivity contribution in [1.82, 2.24) is 4.98 Å². The average molecular weight is 247 g/mol. The summed E-state index contributed by atoms with van der Waals surface area (Å²) in [7, 11) is 1.70. The monoisotopic (exact) mass is 247 g/mol. The van der Waals surface area contributed by atoms with Gasteiger partial charge in [0.25, 0.3) is 0 Å². The van der Waals surface area contributed by atoms with Crippen LogP contribution in [0.2, 0.25) is 0 Å². The average Bonchev–Trinajstić information content (AvgIpc) is 2.43. The Hall–Kier alpha value is -2.08. The summed E-state index contributed by atoms with van der Waals surface area (Å²) in [6.45, 7) is 1.14. The lowest BCUT2D eigenvalue weighted by molar-refractivity contribution is 0.205. The normalized spacial score (nSPS) is 19.2. The first-order valence-electron chi connectivity index (χ1n) is 5.73. The second kappa shape index (κ2) is 5.50. The number of nitrogens with zero attached hydrogens (tertiary/aromatic N) is 2. The highest BCUT2D eigenvalue weighted by atomic mass is 16.5. The zero-order valence-corrected chi connectivity index (χ0v) is 10.3. The molecule has 1 aromatic heterocycles. The third-order valence-corrected chi connectivity index (χ3v) is 2.69. The first kappa shape index (κ1) is 12.4. The summed E-state index contributed by atoms with van der Waals surface area (Å²) in [5.41, 5.74) is 13.7. The predicted octanol–water partition coefficient (Wildman–Crippen LogP) is 0.213. The Kier molecular flexibility index (Phi) is 3.78. The van der Waals surface area contributed by atoms with Crippen LogP contribution in [0.25, 0.3) is 5.57 Å². The van der Waals surface area contributed by atoms with Crippen LogP contribution in [0.4, 0.5) is 5.69 Å². The summed E-state index contributed by atoms with van der Waals surface area (Å²) in [6.07, 6.45) is 4.87. The highest BCUT2D eigenvalue weighted by Crippen LogP contribution is 2.28. The maximum absolute atomic E-state index is 5.63. The van der Waals surface area contributed by atoms with Crippen molar-refractivity contribution in [2.45, 2.75) is 6.10 Å². The number of fused-ring (bicyclic) bond motifs is 1. The fraction of sp³-hybridized carbons (Fsp3) is 0.333. The number of hydrogen-bond acceptors (Lipinski definition) is 6. The molecule has 0 saturated carbocycles. The van der Waals surface area contributed by atoms with Crippen LogP contribution >= 0.6 is 0 Å². The van der Waals surface area contributed by atoms with E-state index < -0.39 is 0 Å². The van der Waals surface area contributed by atoms with E-state index >= 15 is 0 Å². The standard InChI is InChI=1S/C12H17N5O/c1-15-5-9(3-13)8-2-11-12(17-6-8)18-10(4-14)7-16-11/h2-3,5-6,10,16H,4,7,13-14H2,1H3/b9-3+,15-5?. The third kappa shape index (κ3) is 2.43. The van der Waals surface area contributed by atoms with Gasteiger partial charge in [-0.05, 0) is 6.07 Å². The second-order valence-corrected chi connectivity index (χ2v) is 3.94. The highest BCUT2D eigenvalue weighted by molar-refractivity contribution is 6.09. The fourth-order valence-corrected chi connectivity index (χ4v) is 1.74. The maximum atomic E-state index is 5.63. The lowest BCUT2D eigenvalue weighted by Gasteiger charge is -2.25. The summed E-state index contributed by atoms with van der Waals surface area (Å²) in [5, 5.41) is 3.25. The fourth-order valence-electron chi connectivity index (χ4n) is 1.74. The van der Waals surface area contributed by atoms with Crippen LogP contribution in [0.1, 0.15) is 5.56 Å². The minimum absolute atomic E-state index is 0.0300. The molecule has 0 amide bonds. The van der Waals surface area contributed by atoms with Gasteiger partial charge in [0.15, 0.2) is 0 Å². The van der Waals surface area contributed by atoms with Crippen LogP contribution in [0.3, 0.4) is 0 Å². The van der Waals surface area contributed by atoms with E-state index in [9.17, 15) is 0 Å². The van der Waals surface area contributed by atoms with Crippen LogP contribution in [-0.2, 0) is 0 Å². The number of allylic oxidation sites excluding steroid dienone is 1. The highest BCUT2D eigenvalue weighted by Gasteiger charge is 2.19. The number of nitrogens with two attached hydrogens (primary N) is 2. The molecule has 96 valence electrons. The summed E-state index contributed by atoms with van der Waals surface area (Å²) in [5.74, 6) is 0.574. The number of hydrogen-bond donors (Lipinski definition) is 3. The van der Waals surface area contributed by atoms with Crippen molar-refractivity contribution >= 4 is 17.5 Å². The molecule has 6 nitrogen and oxygen atoms in total. The van der Waals surface area contributed by atoms with E-state index in [-0.39, 0.29) is 6.10 Å². The molecule has 6 heteroatoms. The van der Waals surface area contributed by atoms with E-state index in [1.54, 1.807) is 19.5 Å². The van der Waals surface area contributed by atoms with Crippen LogP contribution in [0.15, 0.2) is 23.5 Å². The van der Waals surface area contributed by atoms with Gasteiger partial charge < -0.3 is 21.5 Å². The number of pyridine rings is 1. The number of rotatable bonds is 3. The van der Waals surface area contributed by atoms with E-state index in [0.29, 0.717) is 19.0 Å². The van der Waals surface area contributed by atoms with Crippen molar-refractivity contribution in [1.29, 1.82) is 0 Å². The molecule has 1 aliphatic heterocycles. The summed E-state index contributed by atoms with van der Waals surface area (Å²) in [4.78, 5) is 8.22. The SMILES string of the molecule is CN=C/C(=C\N)c1cnc2c(c1)NCC(CN)O2. The third-order valence-electron chi connectivity index (χ3n) is 2.69. The molecular formula is C12H17N5O. The van der Waals surface area contributed by atoms with Crippen LogP contribution in [0.5, 0.6) is 5.88 Å². The first-order chi connectivity index (χ1) is 8.78. The quantitative estimate of drug-likeness (QED) is 0.663. The summed E-state index contributed by atoms with van der Waals surface area (Å²) in [6, 6.07) is 1.94.